The van der Waals surface area contributed by atoms with E-state index in [0.29, 0.717) is 27.6 Å². The Morgan fingerprint density at radius 3 is 2.69 bits per heavy atom. The third-order valence-electron chi connectivity index (χ3n) is 4.11. The Morgan fingerprint density at radius 2 is 1.96 bits per heavy atom. The van der Waals surface area contributed by atoms with E-state index in [2.05, 4.69) is 4.98 Å². The number of ether oxygens (including phenoxy) is 1. The highest BCUT2D eigenvalue weighted by Crippen LogP contribution is 2.36. The zero-order valence-corrected chi connectivity index (χ0v) is 14.8. The van der Waals surface area contributed by atoms with Gasteiger partial charge in [0.2, 0.25) is 5.78 Å². The van der Waals surface area contributed by atoms with Crippen molar-refractivity contribution in [2.24, 2.45) is 0 Å². The maximum absolute atomic E-state index is 13.1. The van der Waals surface area contributed by atoms with E-state index in [9.17, 15) is 9.18 Å². The fraction of sp³-hybridized carbons (Fsp3) is 0.100. The van der Waals surface area contributed by atoms with Gasteiger partial charge in [0.25, 0.3) is 0 Å². The molecule has 0 atom stereocenters. The fourth-order valence-electron chi connectivity index (χ4n) is 2.83. The number of nitrogens with zero attached hydrogens (tertiary/aromatic N) is 1. The Hall–Kier alpha value is -2.99. The molecule has 4 rings (SSSR count). The van der Waals surface area contributed by atoms with Crippen LogP contribution >= 0.6 is 11.3 Å². The third kappa shape index (κ3) is 2.78. The lowest BCUT2D eigenvalue weighted by Crippen LogP contribution is -2.02. The Balaban J connectivity index is 1.83. The fourth-order valence-corrected chi connectivity index (χ4v) is 3.88. The van der Waals surface area contributed by atoms with E-state index in [1.807, 2.05) is 31.2 Å². The molecule has 6 heteroatoms. The van der Waals surface area contributed by atoms with Crippen molar-refractivity contribution >= 4 is 43.9 Å². The molecule has 0 saturated heterocycles. The number of carbonyl (C=O) groups excluding carboxylic acids is 1. The van der Waals surface area contributed by atoms with E-state index in [-0.39, 0.29) is 11.6 Å². The lowest BCUT2D eigenvalue weighted by molar-refractivity contribution is 0.104. The van der Waals surface area contributed by atoms with Gasteiger partial charge >= 0.3 is 0 Å². The molecule has 0 amide bonds. The van der Waals surface area contributed by atoms with Gasteiger partial charge in [-0.15, -0.1) is 11.3 Å². The lowest BCUT2D eigenvalue weighted by Gasteiger charge is -2.04. The number of carbonyl (C=O) groups is 1. The molecule has 0 unspecified atom stereocenters. The first-order valence-corrected chi connectivity index (χ1v) is 8.94. The van der Waals surface area contributed by atoms with Crippen LogP contribution in [0.4, 0.5) is 10.1 Å². The van der Waals surface area contributed by atoms with E-state index >= 15 is 0 Å². The van der Waals surface area contributed by atoms with Gasteiger partial charge in [0.05, 0.1) is 17.8 Å². The van der Waals surface area contributed by atoms with E-state index in [1.54, 1.807) is 0 Å². The average Bonchev–Trinajstić information content (AvgIpc) is 2.96. The van der Waals surface area contributed by atoms with Gasteiger partial charge in [0, 0.05) is 22.4 Å². The van der Waals surface area contributed by atoms with Crippen LogP contribution in [0, 0.1) is 5.82 Å². The van der Waals surface area contributed by atoms with Gasteiger partial charge in [-0.25, -0.2) is 9.37 Å². The summed E-state index contributed by atoms with van der Waals surface area (Å²) in [7, 11) is 0. The van der Waals surface area contributed by atoms with Crippen molar-refractivity contribution in [2.45, 2.75) is 6.92 Å². The quantitative estimate of drug-likeness (QED) is 0.527. The first-order chi connectivity index (χ1) is 12.6. The molecule has 0 aliphatic carbocycles. The Labute approximate surface area is 153 Å². The van der Waals surface area contributed by atoms with Crippen molar-refractivity contribution in [3.05, 3.63) is 64.8 Å². The molecule has 2 heterocycles. The number of thiophene rings is 1. The normalized spacial score (nSPS) is 11.2. The number of aromatic nitrogens is 1. The summed E-state index contributed by atoms with van der Waals surface area (Å²) in [6, 6.07) is 13.0. The number of nitrogens with two attached hydrogens (primary N) is 1. The minimum atomic E-state index is -0.385. The molecule has 0 radical (unpaired) electrons. The number of rotatable bonds is 4. The van der Waals surface area contributed by atoms with Crippen LogP contribution in [0.15, 0.2) is 48.5 Å². The summed E-state index contributed by atoms with van der Waals surface area (Å²) in [6.07, 6.45) is 0. The Kier molecular flexibility index (Phi) is 4.05. The molecule has 0 aliphatic rings. The van der Waals surface area contributed by atoms with Crippen LogP contribution in [0.3, 0.4) is 0 Å². The van der Waals surface area contributed by atoms with Crippen LogP contribution in [-0.2, 0) is 0 Å². The van der Waals surface area contributed by atoms with Crippen LogP contribution in [0.25, 0.3) is 21.1 Å². The molecule has 2 aromatic carbocycles. The summed E-state index contributed by atoms with van der Waals surface area (Å²) >= 11 is 1.24. The van der Waals surface area contributed by atoms with Gasteiger partial charge in [-0.3, -0.25) is 4.79 Å². The second-order valence-electron chi connectivity index (χ2n) is 5.81. The number of hydrogen-bond acceptors (Lipinski definition) is 5. The number of benzene rings is 2. The summed E-state index contributed by atoms with van der Waals surface area (Å²) < 4.78 is 18.6. The van der Waals surface area contributed by atoms with Crippen molar-refractivity contribution in [1.29, 1.82) is 0 Å². The number of fused-ring (bicyclic) bond motifs is 2. The van der Waals surface area contributed by atoms with E-state index in [0.717, 1.165) is 22.0 Å². The van der Waals surface area contributed by atoms with Crippen LogP contribution in [0.1, 0.15) is 22.2 Å². The molecule has 130 valence electrons. The average molecular weight is 366 g/mol. The minimum Gasteiger partial charge on any atom is -0.494 e. The van der Waals surface area contributed by atoms with Crippen molar-refractivity contribution in [1.82, 2.24) is 4.98 Å². The summed E-state index contributed by atoms with van der Waals surface area (Å²) in [5.41, 5.74) is 7.81. The third-order valence-corrected chi connectivity index (χ3v) is 5.23. The molecule has 4 aromatic rings. The molecular formula is C20H15FN2O2S. The van der Waals surface area contributed by atoms with E-state index in [4.69, 9.17) is 10.5 Å². The van der Waals surface area contributed by atoms with E-state index < -0.39 is 0 Å². The Bertz CT molecular complexity index is 1140. The van der Waals surface area contributed by atoms with Crippen LogP contribution < -0.4 is 10.5 Å². The van der Waals surface area contributed by atoms with Crippen molar-refractivity contribution < 1.29 is 13.9 Å². The lowest BCUT2D eigenvalue weighted by atomic mass is 10.1. The molecule has 2 aromatic heterocycles. The highest BCUT2D eigenvalue weighted by molar-refractivity contribution is 7.21. The number of pyridine rings is 1. The standard InChI is InChI=1S/C20H15FN2O2S/c1-2-25-14-8-5-12-9-15-17(22)19(26-20(15)23-16(12)10-14)18(24)11-3-6-13(21)7-4-11/h3-10H,2,22H2,1H3. The zero-order chi connectivity index (χ0) is 18.3. The highest BCUT2D eigenvalue weighted by atomic mass is 32.1. The van der Waals surface area contributed by atoms with Crippen molar-refractivity contribution in [2.75, 3.05) is 12.3 Å². The van der Waals surface area contributed by atoms with Gasteiger partial charge in [-0.1, -0.05) is 0 Å². The van der Waals surface area contributed by atoms with Crippen molar-refractivity contribution in [3.63, 3.8) is 0 Å². The SMILES string of the molecule is CCOc1ccc2cc3c(N)c(C(=O)c4ccc(F)cc4)sc3nc2c1. The largest absolute Gasteiger partial charge is 0.494 e. The summed E-state index contributed by atoms with van der Waals surface area (Å²) in [5.74, 6) is 0.132. The second kappa shape index (κ2) is 6.38. The summed E-state index contributed by atoms with van der Waals surface area (Å²) in [6.45, 7) is 2.50. The van der Waals surface area contributed by atoms with Gasteiger partial charge in [-0.05, 0) is 49.4 Å². The van der Waals surface area contributed by atoms with Crippen LogP contribution in [0.2, 0.25) is 0 Å². The molecule has 0 saturated carbocycles. The molecule has 0 fully saturated rings. The smallest absolute Gasteiger partial charge is 0.205 e. The number of ketones is 1. The number of halogens is 1. The maximum Gasteiger partial charge on any atom is 0.205 e. The number of nitrogen functional groups attached to an aromatic ring is 1. The maximum atomic E-state index is 13.1. The predicted octanol–water partition coefficient (Wildman–Crippen LogP) is 4.80. The highest BCUT2D eigenvalue weighted by Gasteiger charge is 2.19. The van der Waals surface area contributed by atoms with Crippen LogP contribution in [-0.4, -0.2) is 17.4 Å². The first-order valence-electron chi connectivity index (χ1n) is 8.12. The molecular weight excluding hydrogens is 351 g/mol. The summed E-state index contributed by atoms with van der Waals surface area (Å²) in [5, 5.41) is 1.67. The van der Waals surface area contributed by atoms with E-state index in [1.165, 1.54) is 35.6 Å². The predicted molar refractivity (Wildman–Crippen MR) is 103 cm³/mol. The van der Waals surface area contributed by atoms with Gasteiger partial charge in [0.15, 0.2) is 0 Å². The topological polar surface area (TPSA) is 65.2 Å². The molecule has 4 nitrogen and oxygen atoms in total. The van der Waals surface area contributed by atoms with Gasteiger partial charge in [-0.2, -0.15) is 0 Å². The van der Waals surface area contributed by atoms with Gasteiger partial charge < -0.3 is 10.5 Å². The van der Waals surface area contributed by atoms with Crippen molar-refractivity contribution in [3.8, 4) is 5.75 Å². The molecule has 0 aliphatic heterocycles. The van der Waals surface area contributed by atoms with Gasteiger partial charge in [0.1, 0.15) is 21.3 Å². The molecule has 0 spiro atoms. The molecule has 26 heavy (non-hydrogen) atoms. The molecule has 0 bridgehead atoms. The second-order valence-corrected chi connectivity index (χ2v) is 6.81. The summed E-state index contributed by atoms with van der Waals surface area (Å²) in [4.78, 5) is 18.5. The number of anilines is 1. The molecule has 2 N–H and O–H groups in total. The Morgan fingerprint density at radius 1 is 1.19 bits per heavy atom. The first kappa shape index (κ1) is 16.5. The zero-order valence-electron chi connectivity index (χ0n) is 14.0. The minimum absolute atomic E-state index is 0.232. The van der Waals surface area contributed by atoms with Crippen LogP contribution in [0.5, 0.6) is 5.75 Å². The monoisotopic (exact) mass is 366 g/mol. The number of hydrogen-bond donors (Lipinski definition) is 1.